The summed E-state index contributed by atoms with van der Waals surface area (Å²) in [6, 6.07) is 6.64. The number of hydrogen-bond acceptors (Lipinski definition) is 7. The Kier molecular flexibility index (Phi) is 6.78. The Hall–Kier alpha value is -2.12. The molecule has 0 amide bonds. The molecule has 0 N–H and O–H groups in total. The molecule has 0 saturated heterocycles. The van der Waals surface area contributed by atoms with Crippen molar-refractivity contribution < 1.29 is 19.1 Å². The zero-order valence-electron chi connectivity index (χ0n) is 14.0. The van der Waals surface area contributed by atoms with E-state index in [1.54, 1.807) is 30.5 Å². The molecule has 2 aromatic rings. The van der Waals surface area contributed by atoms with E-state index >= 15 is 0 Å². The lowest BCUT2D eigenvalue weighted by molar-refractivity contribution is 0.0312. The number of carbonyl (C=O) groups excluding carboxylic acids is 2. The van der Waals surface area contributed by atoms with Crippen molar-refractivity contribution in [3.8, 4) is 5.75 Å². The molecule has 6 nitrogen and oxygen atoms in total. The molecular weight excluding hydrogens is 364 g/mol. The minimum absolute atomic E-state index is 0.0626. The zero-order chi connectivity index (χ0) is 18.4. The lowest BCUT2D eigenvalue weighted by atomic mass is 10.1. The molecule has 0 radical (unpaired) electrons. The van der Waals surface area contributed by atoms with Gasteiger partial charge >= 0.3 is 5.97 Å². The quantitative estimate of drug-likeness (QED) is 0.314. The Bertz CT molecular complexity index is 768. The smallest absolute Gasteiger partial charge is 0.359 e. The van der Waals surface area contributed by atoms with E-state index in [1.165, 1.54) is 24.9 Å². The molecule has 0 aliphatic heterocycles. The summed E-state index contributed by atoms with van der Waals surface area (Å²) < 4.78 is 10.5. The second-order valence-corrected chi connectivity index (χ2v) is 6.10. The van der Waals surface area contributed by atoms with Gasteiger partial charge in [0.2, 0.25) is 5.78 Å². The second-order valence-electron chi connectivity index (χ2n) is 4.92. The first-order valence-corrected chi connectivity index (χ1v) is 9.11. The number of aromatic nitrogens is 2. The summed E-state index contributed by atoms with van der Waals surface area (Å²) in [6.45, 7) is 3.92. The summed E-state index contributed by atoms with van der Waals surface area (Å²) in [4.78, 5) is 32.6. The predicted octanol–water partition coefficient (Wildman–Crippen LogP) is 3.68. The van der Waals surface area contributed by atoms with Crippen molar-refractivity contribution >= 4 is 35.1 Å². The van der Waals surface area contributed by atoms with Gasteiger partial charge < -0.3 is 9.47 Å². The number of thioether (sulfide) groups is 1. The highest BCUT2D eigenvalue weighted by Crippen LogP contribution is 2.19. The lowest BCUT2D eigenvalue weighted by Crippen LogP contribution is -2.25. The predicted molar refractivity (Wildman–Crippen MR) is 95.6 cm³/mol. The van der Waals surface area contributed by atoms with Crippen LogP contribution in [0.4, 0.5) is 0 Å². The summed E-state index contributed by atoms with van der Waals surface area (Å²) in [5.74, 6) is -0.429. The van der Waals surface area contributed by atoms with Gasteiger partial charge in [-0.3, -0.25) is 4.79 Å². The fourth-order valence-electron chi connectivity index (χ4n) is 1.98. The number of ether oxygens (including phenoxy) is 2. The second kappa shape index (κ2) is 8.82. The van der Waals surface area contributed by atoms with Crippen LogP contribution in [0, 0.1) is 0 Å². The maximum absolute atomic E-state index is 12.4. The van der Waals surface area contributed by atoms with E-state index < -0.39 is 12.1 Å². The minimum Gasteiger partial charge on any atom is -0.494 e. The first-order chi connectivity index (χ1) is 12.0. The number of carbonyl (C=O) groups is 2. The summed E-state index contributed by atoms with van der Waals surface area (Å²) in [7, 11) is 0. The first-order valence-electron chi connectivity index (χ1n) is 7.50. The lowest BCUT2D eigenvalue weighted by Gasteiger charge is -2.13. The van der Waals surface area contributed by atoms with E-state index in [1.807, 2.05) is 6.92 Å². The fourth-order valence-corrected chi connectivity index (χ4v) is 2.49. The number of ketones is 1. The molecule has 0 aliphatic carbocycles. The van der Waals surface area contributed by atoms with Gasteiger partial charge in [0.15, 0.2) is 17.0 Å². The Balaban J connectivity index is 2.09. The number of nitrogens with zero attached hydrogens (tertiary/aromatic N) is 2. The summed E-state index contributed by atoms with van der Waals surface area (Å²) >= 11 is 7.21. The fraction of sp³-hybridized carbons (Fsp3) is 0.294. The van der Waals surface area contributed by atoms with Crippen molar-refractivity contribution in [1.29, 1.82) is 0 Å². The first kappa shape index (κ1) is 19.2. The van der Waals surface area contributed by atoms with Crippen LogP contribution >= 0.6 is 23.4 Å². The van der Waals surface area contributed by atoms with E-state index in [0.29, 0.717) is 23.1 Å². The highest BCUT2D eigenvalue weighted by atomic mass is 35.5. The Morgan fingerprint density at radius 3 is 2.56 bits per heavy atom. The number of benzene rings is 1. The SMILES string of the molecule is CCOc1ccc(C(=O)[C@@H](C)OC(=O)c2nc(SC)ncc2Cl)cc1. The van der Waals surface area contributed by atoms with Gasteiger partial charge in [0.05, 0.1) is 17.8 Å². The maximum Gasteiger partial charge on any atom is 0.359 e. The van der Waals surface area contributed by atoms with Crippen LogP contribution in [-0.2, 0) is 4.74 Å². The van der Waals surface area contributed by atoms with Crippen LogP contribution in [0.1, 0.15) is 34.7 Å². The van der Waals surface area contributed by atoms with E-state index in [-0.39, 0.29) is 16.5 Å². The molecule has 8 heteroatoms. The Labute approximate surface area is 154 Å². The maximum atomic E-state index is 12.4. The topological polar surface area (TPSA) is 78.4 Å². The van der Waals surface area contributed by atoms with Crippen LogP contribution in [0.3, 0.4) is 0 Å². The van der Waals surface area contributed by atoms with Gasteiger partial charge in [0.25, 0.3) is 0 Å². The van der Waals surface area contributed by atoms with Crippen LogP contribution < -0.4 is 4.74 Å². The van der Waals surface area contributed by atoms with Gasteiger partial charge in [-0.25, -0.2) is 14.8 Å². The normalized spacial score (nSPS) is 11.7. The van der Waals surface area contributed by atoms with E-state index in [4.69, 9.17) is 21.1 Å². The average molecular weight is 381 g/mol. The molecule has 0 saturated carbocycles. The third-order valence-electron chi connectivity index (χ3n) is 3.20. The molecular formula is C17H17ClN2O4S. The summed E-state index contributed by atoms with van der Waals surface area (Å²) in [5, 5.41) is 0.463. The molecule has 0 aliphatic rings. The Morgan fingerprint density at radius 2 is 1.96 bits per heavy atom. The molecule has 132 valence electrons. The third kappa shape index (κ3) is 4.93. The number of esters is 1. The summed E-state index contributed by atoms with van der Waals surface area (Å²) in [6.07, 6.45) is 2.13. The van der Waals surface area contributed by atoms with Crippen molar-refractivity contribution in [2.45, 2.75) is 25.1 Å². The van der Waals surface area contributed by atoms with Gasteiger partial charge in [-0.2, -0.15) is 0 Å². The highest BCUT2D eigenvalue weighted by molar-refractivity contribution is 7.98. The number of rotatable bonds is 7. The van der Waals surface area contributed by atoms with Crippen molar-refractivity contribution in [1.82, 2.24) is 9.97 Å². The van der Waals surface area contributed by atoms with Crippen molar-refractivity contribution in [2.24, 2.45) is 0 Å². The number of halogens is 1. The molecule has 0 spiro atoms. The van der Waals surface area contributed by atoms with Gasteiger partial charge in [0.1, 0.15) is 5.75 Å². The molecule has 1 aromatic carbocycles. The highest BCUT2D eigenvalue weighted by Gasteiger charge is 2.23. The van der Waals surface area contributed by atoms with Crippen LogP contribution in [-0.4, -0.2) is 40.7 Å². The van der Waals surface area contributed by atoms with Gasteiger partial charge in [0, 0.05) is 5.56 Å². The summed E-state index contributed by atoms with van der Waals surface area (Å²) in [5.41, 5.74) is 0.356. The van der Waals surface area contributed by atoms with Crippen molar-refractivity contribution in [2.75, 3.05) is 12.9 Å². The van der Waals surface area contributed by atoms with Crippen LogP contribution in [0.5, 0.6) is 5.75 Å². The van der Waals surface area contributed by atoms with Gasteiger partial charge in [-0.1, -0.05) is 23.4 Å². The van der Waals surface area contributed by atoms with Crippen molar-refractivity contribution in [3.05, 3.63) is 46.7 Å². The molecule has 0 fully saturated rings. The largest absolute Gasteiger partial charge is 0.494 e. The average Bonchev–Trinajstić information content (AvgIpc) is 2.62. The third-order valence-corrected chi connectivity index (χ3v) is 4.04. The standard InChI is InChI=1S/C17H17ClN2O4S/c1-4-23-12-7-5-11(6-8-12)15(21)10(2)24-16(22)14-13(18)9-19-17(20-14)25-3/h5-10H,4H2,1-3H3/t10-/m1/s1. The molecule has 1 heterocycles. The number of hydrogen-bond donors (Lipinski definition) is 0. The monoisotopic (exact) mass is 380 g/mol. The van der Waals surface area contributed by atoms with E-state index in [0.717, 1.165) is 0 Å². The molecule has 0 unspecified atom stereocenters. The van der Waals surface area contributed by atoms with E-state index in [2.05, 4.69) is 9.97 Å². The molecule has 1 atom stereocenters. The molecule has 25 heavy (non-hydrogen) atoms. The van der Waals surface area contributed by atoms with Crippen LogP contribution in [0.15, 0.2) is 35.6 Å². The van der Waals surface area contributed by atoms with Crippen molar-refractivity contribution in [3.63, 3.8) is 0 Å². The van der Waals surface area contributed by atoms with Crippen LogP contribution in [0.25, 0.3) is 0 Å². The molecule has 1 aromatic heterocycles. The molecule has 0 bridgehead atoms. The zero-order valence-corrected chi connectivity index (χ0v) is 15.6. The van der Waals surface area contributed by atoms with Gasteiger partial charge in [-0.05, 0) is 44.4 Å². The van der Waals surface area contributed by atoms with E-state index in [9.17, 15) is 9.59 Å². The Morgan fingerprint density at radius 1 is 1.28 bits per heavy atom. The molecule has 2 rings (SSSR count). The minimum atomic E-state index is -0.978. The number of Topliss-reactive ketones (excluding diaryl/α,β-unsaturated/α-hetero) is 1. The van der Waals surface area contributed by atoms with Crippen LogP contribution in [0.2, 0.25) is 5.02 Å². The van der Waals surface area contributed by atoms with Gasteiger partial charge in [-0.15, -0.1) is 0 Å².